The van der Waals surface area contributed by atoms with E-state index in [-0.39, 0.29) is 17.2 Å². The predicted molar refractivity (Wildman–Crippen MR) is 178 cm³/mol. The van der Waals surface area contributed by atoms with Crippen LogP contribution < -0.4 is 10.5 Å². The third-order valence-corrected chi connectivity index (χ3v) is 8.30. The second-order valence-electron chi connectivity index (χ2n) is 11.5. The molecule has 1 atom stereocenters. The van der Waals surface area contributed by atoms with Gasteiger partial charge in [-0.15, -0.1) is 5.06 Å². The fourth-order valence-corrected chi connectivity index (χ4v) is 5.66. The van der Waals surface area contributed by atoms with Gasteiger partial charge in [0.05, 0.1) is 17.2 Å². The smallest absolute Gasteiger partial charge is 0.407 e. The Kier molecular flexibility index (Phi) is 9.96. The van der Waals surface area contributed by atoms with E-state index in [4.69, 9.17) is 20.0 Å². The van der Waals surface area contributed by atoms with Gasteiger partial charge in [0.25, 0.3) is 11.8 Å². The summed E-state index contributed by atoms with van der Waals surface area (Å²) in [7, 11) is 0. The van der Waals surface area contributed by atoms with Gasteiger partial charge in [-0.3, -0.25) is 14.6 Å². The van der Waals surface area contributed by atoms with Crippen molar-refractivity contribution < 1.29 is 38.6 Å². The van der Waals surface area contributed by atoms with Crippen LogP contribution in [0.3, 0.4) is 0 Å². The van der Waals surface area contributed by atoms with Crippen molar-refractivity contribution in [2.24, 2.45) is 10.7 Å². The zero-order valence-electron chi connectivity index (χ0n) is 26.4. The van der Waals surface area contributed by atoms with Gasteiger partial charge >= 0.3 is 12.1 Å². The van der Waals surface area contributed by atoms with Gasteiger partial charge in [0.1, 0.15) is 18.2 Å². The van der Waals surface area contributed by atoms with Crippen LogP contribution in [-0.4, -0.2) is 76.6 Å². The number of imide groups is 1. The minimum atomic E-state index is -1.51. The number of nitrogens with two attached hydrogens (primary N) is 1. The molecule has 1 saturated heterocycles. The molecule has 0 radical (unpaired) electrons. The SMILES string of the molecule is NC(=NC1CCN(C(=O)O)CC1)c1ccc(OCC(ON2C(=O)c3ccccc3C2=O)C(=O)OC(c2ccccc2)c2ccccc2)cc1. The number of piperidine rings is 1. The van der Waals surface area contributed by atoms with Crippen molar-refractivity contribution in [3.05, 3.63) is 137 Å². The van der Waals surface area contributed by atoms with Gasteiger partial charge < -0.3 is 25.2 Å². The van der Waals surface area contributed by atoms with Gasteiger partial charge in [-0.05, 0) is 60.4 Å². The fourth-order valence-electron chi connectivity index (χ4n) is 5.66. The van der Waals surface area contributed by atoms with E-state index in [0.29, 0.717) is 59.3 Å². The molecule has 12 heteroatoms. The molecule has 2 heterocycles. The van der Waals surface area contributed by atoms with Crippen LogP contribution in [-0.2, 0) is 14.4 Å². The van der Waals surface area contributed by atoms with Crippen molar-refractivity contribution in [1.29, 1.82) is 0 Å². The van der Waals surface area contributed by atoms with Gasteiger partial charge in [0.2, 0.25) is 6.10 Å². The number of carbonyl (C=O) groups excluding carboxylic acids is 3. The summed E-state index contributed by atoms with van der Waals surface area (Å²) in [6.07, 6.45) is -2.11. The van der Waals surface area contributed by atoms with Gasteiger partial charge in [-0.1, -0.05) is 72.8 Å². The first-order valence-corrected chi connectivity index (χ1v) is 15.8. The number of hydrogen-bond donors (Lipinski definition) is 2. The Balaban J connectivity index is 1.18. The van der Waals surface area contributed by atoms with Crippen molar-refractivity contribution in [1.82, 2.24) is 9.96 Å². The van der Waals surface area contributed by atoms with Gasteiger partial charge in [-0.25, -0.2) is 14.4 Å². The standard InChI is InChI=1S/C37H34N4O8/c38-33(39-27-19-21-40(22-20-27)37(45)46)26-15-17-28(18-16-26)47-23-31(49-41-34(42)29-13-7-8-14-30(29)35(41)43)36(44)48-32(24-9-3-1-4-10-24)25-11-5-2-6-12-25/h1-18,27,31-32H,19-23H2,(H2,38,39)(H,45,46). The number of likely N-dealkylation sites (tertiary alicyclic amines) is 1. The third-order valence-electron chi connectivity index (χ3n) is 8.30. The van der Waals surface area contributed by atoms with E-state index in [1.165, 1.54) is 17.0 Å². The molecule has 0 aliphatic carbocycles. The summed E-state index contributed by atoms with van der Waals surface area (Å²) < 4.78 is 12.0. The average molecular weight is 663 g/mol. The summed E-state index contributed by atoms with van der Waals surface area (Å²) in [5.41, 5.74) is 8.64. The first kappa shape index (κ1) is 32.9. The Morgan fingerprint density at radius 1 is 0.796 bits per heavy atom. The quantitative estimate of drug-likeness (QED) is 0.0991. The molecular weight excluding hydrogens is 628 g/mol. The van der Waals surface area contributed by atoms with E-state index >= 15 is 0 Å². The molecule has 4 aromatic carbocycles. The lowest BCUT2D eigenvalue weighted by Gasteiger charge is -2.28. The maximum atomic E-state index is 13.8. The normalized spacial score (nSPS) is 15.7. The van der Waals surface area contributed by atoms with E-state index in [0.717, 1.165) is 0 Å². The Morgan fingerprint density at radius 3 is 1.86 bits per heavy atom. The second-order valence-corrected chi connectivity index (χ2v) is 11.5. The number of carboxylic acid groups (broad SMARTS) is 1. The summed E-state index contributed by atoms with van der Waals surface area (Å²) >= 11 is 0. The van der Waals surface area contributed by atoms with Crippen molar-refractivity contribution in [3.63, 3.8) is 0 Å². The number of hydroxylamine groups is 2. The average Bonchev–Trinajstić information content (AvgIpc) is 3.38. The second kappa shape index (κ2) is 14.8. The molecule has 3 amide bonds. The fraction of sp³-hybridized carbons (Fsp3) is 0.216. The Bertz CT molecular complexity index is 1770. The van der Waals surface area contributed by atoms with Gasteiger partial charge in [0.15, 0.2) is 6.10 Å². The number of amidine groups is 1. The predicted octanol–water partition coefficient (Wildman–Crippen LogP) is 4.84. The lowest BCUT2D eigenvalue weighted by molar-refractivity contribution is -0.187. The summed E-state index contributed by atoms with van der Waals surface area (Å²) in [6.45, 7) is 0.397. The Hall–Kier alpha value is -6.01. The number of nitrogens with zero attached hydrogens (tertiary/aromatic N) is 3. The van der Waals surface area contributed by atoms with E-state index in [9.17, 15) is 24.3 Å². The number of hydrogen-bond acceptors (Lipinski definition) is 8. The van der Waals surface area contributed by atoms with E-state index < -0.39 is 42.7 Å². The minimum absolute atomic E-state index is 0.0896. The maximum Gasteiger partial charge on any atom is 0.407 e. The minimum Gasteiger partial charge on any atom is -0.490 e. The first-order chi connectivity index (χ1) is 23.8. The van der Waals surface area contributed by atoms with E-state index in [1.54, 1.807) is 36.4 Å². The van der Waals surface area contributed by atoms with Crippen LogP contribution in [0.15, 0.2) is 114 Å². The van der Waals surface area contributed by atoms with Crippen molar-refractivity contribution in [2.45, 2.75) is 31.1 Å². The molecule has 250 valence electrons. The molecule has 4 aromatic rings. The lowest BCUT2D eigenvalue weighted by atomic mass is 10.0. The lowest BCUT2D eigenvalue weighted by Crippen LogP contribution is -2.42. The molecule has 12 nitrogen and oxygen atoms in total. The highest BCUT2D eigenvalue weighted by atomic mass is 16.7. The highest BCUT2D eigenvalue weighted by molar-refractivity contribution is 6.20. The largest absolute Gasteiger partial charge is 0.490 e. The number of fused-ring (bicyclic) bond motifs is 1. The molecule has 2 aliphatic heterocycles. The van der Waals surface area contributed by atoms with Crippen molar-refractivity contribution >= 4 is 29.7 Å². The van der Waals surface area contributed by atoms with Crippen LogP contribution in [0, 0.1) is 0 Å². The van der Waals surface area contributed by atoms with E-state index in [1.807, 2.05) is 60.7 Å². The highest BCUT2D eigenvalue weighted by Crippen LogP contribution is 2.29. The van der Waals surface area contributed by atoms with Crippen LogP contribution in [0.5, 0.6) is 5.75 Å². The molecule has 0 bridgehead atoms. The Morgan fingerprint density at radius 2 is 1.33 bits per heavy atom. The number of rotatable bonds is 11. The summed E-state index contributed by atoms with van der Waals surface area (Å²) in [6, 6.07) is 31.3. The molecule has 0 spiro atoms. The highest BCUT2D eigenvalue weighted by Gasteiger charge is 2.40. The van der Waals surface area contributed by atoms with Crippen LogP contribution in [0.1, 0.15) is 56.4 Å². The molecule has 1 unspecified atom stereocenters. The molecule has 1 fully saturated rings. The zero-order valence-corrected chi connectivity index (χ0v) is 26.4. The third kappa shape index (κ3) is 7.60. The molecule has 0 saturated carbocycles. The van der Waals surface area contributed by atoms with Crippen LogP contribution in [0.25, 0.3) is 0 Å². The summed E-state index contributed by atoms with van der Waals surface area (Å²) in [5.74, 6) is -1.58. The Labute approximate surface area is 282 Å². The number of ether oxygens (including phenoxy) is 2. The van der Waals surface area contributed by atoms with Crippen LogP contribution in [0.2, 0.25) is 0 Å². The summed E-state index contributed by atoms with van der Waals surface area (Å²) in [5, 5.41) is 9.74. The molecular formula is C37H34N4O8. The number of esters is 1. The number of benzene rings is 4. The van der Waals surface area contributed by atoms with E-state index in [2.05, 4.69) is 4.99 Å². The topological polar surface area (TPSA) is 161 Å². The zero-order chi connectivity index (χ0) is 34.3. The van der Waals surface area contributed by atoms with Gasteiger partial charge in [0, 0.05) is 18.7 Å². The number of amides is 3. The van der Waals surface area contributed by atoms with Crippen molar-refractivity contribution in [2.75, 3.05) is 19.7 Å². The molecule has 49 heavy (non-hydrogen) atoms. The monoisotopic (exact) mass is 662 g/mol. The van der Waals surface area contributed by atoms with Gasteiger partial charge in [-0.2, -0.15) is 0 Å². The molecule has 2 aliphatic rings. The van der Waals surface area contributed by atoms with Crippen LogP contribution in [0.4, 0.5) is 4.79 Å². The summed E-state index contributed by atoms with van der Waals surface area (Å²) in [4.78, 5) is 63.0. The van der Waals surface area contributed by atoms with Crippen molar-refractivity contribution in [3.8, 4) is 5.75 Å². The molecule has 3 N–H and O–H groups in total. The number of carbonyl (C=O) groups is 4. The first-order valence-electron chi connectivity index (χ1n) is 15.8. The molecule has 6 rings (SSSR count). The molecule has 0 aromatic heterocycles. The maximum absolute atomic E-state index is 13.8. The number of aliphatic imine (C=N–C) groups is 1. The van der Waals surface area contributed by atoms with Crippen LogP contribution >= 0.6 is 0 Å².